The van der Waals surface area contributed by atoms with E-state index in [-0.39, 0.29) is 5.97 Å². The molecule has 122 valence electrons. The molecule has 0 radical (unpaired) electrons. The van der Waals surface area contributed by atoms with Crippen molar-refractivity contribution in [2.75, 3.05) is 26.9 Å². The Bertz CT molecular complexity index is 516. The fourth-order valence-corrected chi connectivity index (χ4v) is 2.60. The summed E-state index contributed by atoms with van der Waals surface area (Å²) >= 11 is 0. The Kier molecular flexibility index (Phi) is 6.07. The van der Waals surface area contributed by atoms with E-state index in [2.05, 4.69) is 12.2 Å². The third-order valence-corrected chi connectivity index (χ3v) is 3.76. The molecule has 1 N–H and O–H groups in total. The molecule has 1 unspecified atom stereocenters. The van der Waals surface area contributed by atoms with Gasteiger partial charge in [0.2, 0.25) is 0 Å². The van der Waals surface area contributed by atoms with Crippen LogP contribution in [0.2, 0.25) is 0 Å². The van der Waals surface area contributed by atoms with Crippen molar-refractivity contribution >= 4 is 5.97 Å². The molecule has 1 aliphatic heterocycles. The number of carbonyl (C=O) groups excluding carboxylic acids is 1. The highest BCUT2D eigenvalue weighted by atomic mass is 16.5. The van der Waals surface area contributed by atoms with Crippen LogP contribution in [0.25, 0.3) is 0 Å². The van der Waals surface area contributed by atoms with Gasteiger partial charge in [0.1, 0.15) is 6.04 Å². The minimum absolute atomic E-state index is 0.245. The maximum absolute atomic E-state index is 12.1. The van der Waals surface area contributed by atoms with Crippen molar-refractivity contribution in [3.05, 3.63) is 23.3 Å². The average molecular weight is 307 g/mol. The molecular weight excluding hydrogens is 282 g/mol. The van der Waals surface area contributed by atoms with Crippen molar-refractivity contribution in [2.45, 2.75) is 39.2 Å². The summed E-state index contributed by atoms with van der Waals surface area (Å²) in [5.74, 6) is 1.16. The maximum atomic E-state index is 12.1. The third kappa shape index (κ3) is 3.71. The minimum atomic E-state index is -0.428. The van der Waals surface area contributed by atoms with Gasteiger partial charge in [0.15, 0.2) is 11.5 Å². The standard InChI is InChI=1S/C17H25NO4/c1-4-6-9-22-15-10-12-7-8-18-16(17(19)21-5-2)13(12)11-14(15)20-3/h10-11,16,18H,4-9H2,1-3H3. The second-order valence-electron chi connectivity index (χ2n) is 5.29. The number of hydrogen-bond acceptors (Lipinski definition) is 5. The first-order valence-electron chi connectivity index (χ1n) is 7.94. The van der Waals surface area contributed by atoms with Crippen molar-refractivity contribution in [1.29, 1.82) is 0 Å². The molecule has 0 aromatic heterocycles. The van der Waals surface area contributed by atoms with Gasteiger partial charge in [-0.25, -0.2) is 4.79 Å². The number of hydrogen-bond donors (Lipinski definition) is 1. The van der Waals surface area contributed by atoms with Crippen molar-refractivity contribution in [3.8, 4) is 11.5 Å². The lowest BCUT2D eigenvalue weighted by atomic mass is 9.93. The van der Waals surface area contributed by atoms with Gasteiger partial charge in [-0.1, -0.05) is 13.3 Å². The second kappa shape index (κ2) is 8.03. The zero-order valence-corrected chi connectivity index (χ0v) is 13.6. The molecule has 1 aromatic rings. The summed E-state index contributed by atoms with van der Waals surface area (Å²) in [5, 5.41) is 3.21. The van der Waals surface area contributed by atoms with E-state index in [9.17, 15) is 4.79 Å². The van der Waals surface area contributed by atoms with Gasteiger partial charge < -0.3 is 19.5 Å². The zero-order chi connectivity index (χ0) is 15.9. The number of benzene rings is 1. The minimum Gasteiger partial charge on any atom is -0.493 e. The summed E-state index contributed by atoms with van der Waals surface area (Å²) in [6.07, 6.45) is 2.95. The summed E-state index contributed by atoms with van der Waals surface area (Å²) in [7, 11) is 1.62. The van der Waals surface area contributed by atoms with Crippen LogP contribution in [0.4, 0.5) is 0 Å². The molecular formula is C17H25NO4. The molecule has 1 atom stereocenters. The Hall–Kier alpha value is -1.75. The van der Waals surface area contributed by atoms with E-state index < -0.39 is 6.04 Å². The largest absolute Gasteiger partial charge is 0.493 e. The van der Waals surface area contributed by atoms with E-state index in [1.165, 1.54) is 0 Å². The molecule has 0 aliphatic carbocycles. The van der Waals surface area contributed by atoms with E-state index in [0.29, 0.717) is 19.0 Å². The molecule has 0 bridgehead atoms. The van der Waals surface area contributed by atoms with E-state index in [1.807, 2.05) is 19.1 Å². The van der Waals surface area contributed by atoms with Crippen LogP contribution in [0.5, 0.6) is 11.5 Å². The number of carbonyl (C=O) groups is 1. The van der Waals surface area contributed by atoms with E-state index >= 15 is 0 Å². The predicted molar refractivity (Wildman–Crippen MR) is 84.5 cm³/mol. The van der Waals surface area contributed by atoms with Crippen LogP contribution in [0.15, 0.2) is 12.1 Å². The lowest BCUT2D eigenvalue weighted by Crippen LogP contribution is -2.36. The number of methoxy groups -OCH3 is 1. The van der Waals surface area contributed by atoms with E-state index in [4.69, 9.17) is 14.2 Å². The van der Waals surface area contributed by atoms with E-state index in [0.717, 1.165) is 42.7 Å². The highest BCUT2D eigenvalue weighted by Crippen LogP contribution is 2.35. The van der Waals surface area contributed by atoms with Crippen LogP contribution in [0.3, 0.4) is 0 Å². The van der Waals surface area contributed by atoms with Crippen molar-refractivity contribution < 1.29 is 19.0 Å². The van der Waals surface area contributed by atoms with Crippen molar-refractivity contribution in [2.24, 2.45) is 0 Å². The molecule has 1 heterocycles. The Morgan fingerprint density at radius 1 is 1.32 bits per heavy atom. The quantitative estimate of drug-likeness (QED) is 0.620. The van der Waals surface area contributed by atoms with Crippen molar-refractivity contribution in [1.82, 2.24) is 5.32 Å². The fraction of sp³-hybridized carbons (Fsp3) is 0.588. The lowest BCUT2D eigenvalue weighted by Gasteiger charge is -2.26. The lowest BCUT2D eigenvalue weighted by molar-refractivity contribution is -0.146. The molecule has 1 aromatic carbocycles. The number of unbranched alkanes of at least 4 members (excludes halogenated alkanes) is 1. The molecule has 5 heteroatoms. The molecule has 0 amide bonds. The van der Waals surface area contributed by atoms with Gasteiger partial charge in [-0.3, -0.25) is 0 Å². The van der Waals surface area contributed by atoms with Crippen LogP contribution in [-0.2, 0) is 16.0 Å². The number of fused-ring (bicyclic) bond motifs is 1. The van der Waals surface area contributed by atoms with Crippen LogP contribution in [0, 0.1) is 0 Å². The summed E-state index contributed by atoms with van der Waals surface area (Å²) in [5.41, 5.74) is 2.04. The van der Waals surface area contributed by atoms with Crippen LogP contribution < -0.4 is 14.8 Å². The monoisotopic (exact) mass is 307 g/mol. The molecule has 5 nitrogen and oxygen atoms in total. The Morgan fingerprint density at radius 3 is 2.82 bits per heavy atom. The Morgan fingerprint density at radius 2 is 2.14 bits per heavy atom. The van der Waals surface area contributed by atoms with Crippen LogP contribution in [0.1, 0.15) is 43.9 Å². The summed E-state index contributed by atoms with van der Waals surface area (Å²) < 4.78 is 16.4. The summed E-state index contributed by atoms with van der Waals surface area (Å²) in [6, 6.07) is 3.46. The molecule has 0 saturated heterocycles. The van der Waals surface area contributed by atoms with Gasteiger partial charge in [0, 0.05) is 6.54 Å². The van der Waals surface area contributed by atoms with Gasteiger partial charge in [-0.2, -0.15) is 0 Å². The number of nitrogens with one attached hydrogen (secondary N) is 1. The SMILES string of the molecule is CCCCOc1cc2c(cc1OC)C(C(=O)OCC)NCC2. The smallest absolute Gasteiger partial charge is 0.327 e. The molecule has 0 spiro atoms. The normalized spacial score (nSPS) is 16.8. The van der Waals surface area contributed by atoms with Crippen LogP contribution >= 0.6 is 0 Å². The zero-order valence-electron chi connectivity index (χ0n) is 13.6. The van der Waals surface area contributed by atoms with Gasteiger partial charge >= 0.3 is 5.97 Å². The molecule has 0 fully saturated rings. The highest BCUT2D eigenvalue weighted by Gasteiger charge is 2.29. The first-order chi connectivity index (χ1) is 10.7. The van der Waals surface area contributed by atoms with Gasteiger partial charge in [0.25, 0.3) is 0 Å². The third-order valence-electron chi connectivity index (χ3n) is 3.76. The van der Waals surface area contributed by atoms with Gasteiger partial charge in [-0.05, 0) is 43.0 Å². The summed E-state index contributed by atoms with van der Waals surface area (Å²) in [4.78, 5) is 12.1. The fourth-order valence-electron chi connectivity index (χ4n) is 2.60. The average Bonchev–Trinajstić information content (AvgIpc) is 2.54. The topological polar surface area (TPSA) is 56.8 Å². The van der Waals surface area contributed by atoms with Gasteiger partial charge in [-0.15, -0.1) is 0 Å². The molecule has 1 aliphatic rings. The second-order valence-corrected chi connectivity index (χ2v) is 5.29. The van der Waals surface area contributed by atoms with Gasteiger partial charge in [0.05, 0.1) is 20.3 Å². The van der Waals surface area contributed by atoms with E-state index in [1.54, 1.807) is 7.11 Å². The summed E-state index contributed by atoms with van der Waals surface area (Å²) in [6.45, 7) is 5.74. The highest BCUT2D eigenvalue weighted by molar-refractivity contribution is 5.79. The molecule has 22 heavy (non-hydrogen) atoms. The number of esters is 1. The Balaban J connectivity index is 2.27. The van der Waals surface area contributed by atoms with Crippen LogP contribution in [-0.4, -0.2) is 32.8 Å². The number of rotatable bonds is 7. The first kappa shape index (κ1) is 16.6. The molecule has 2 rings (SSSR count). The predicted octanol–water partition coefficient (Wildman–Crippen LogP) is 2.62. The Labute approximate surface area is 131 Å². The van der Waals surface area contributed by atoms with Crippen molar-refractivity contribution in [3.63, 3.8) is 0 Å². The first-order valence-corrected chi connectivity index (χ1v) is 7.94. The maximum Gasteiger partial charge on any atom is 0.327 e. The molecule has 0 saturated carbocycles. The number of ether oxygens (including phenoxy) is 3.